The molecule has 1 aromatic rings. The molecule has 17 heavy (non-hydrogen) atoms. The molecule has 0 saturated carbocycles. The number of hydrogen-bond acceptors (Lipinski definition) is 2. The molecule has 1 atom stereocenters. The monoisotopic (exact) mass is 231 g/mol. The summed E-state index contributed by atoms with van der Waals surface area (Å²) in [6, 6.07) is 9.75. The van der Waals surface area contributed by atoms with Gasteiger partial charge in [-0.1, -0.05) is 44.2 Å². The van der Waals surface area contributed by atoms with Crippen LogP contribution in [0.3, 0.4) is 0 Å². The third kappa shape index (κ3) is 1.69. The van der Waals surface area contributed by atoms with Crippen LogP contribution in [0.4, 0.5) is 0 Å². The predicted molar refractivity (Wildman–Crippen MR) is 67.6 cm³/mol. The molecule has 1 saturated heterocycles. The Labute approximate surface area is 101 Å². The number of nitrogens with zero attached hydrogens (tertiary/aromatic N) is 1. The van der Waals surface area contributed by atoms with Gasteiger partial charge >= 0.3 is 0 Å². The first-order chi connectivity index (χ1) is 8.11. The number of nitrogens with one attached hydrogen (secondary N) is 2. The van der Waals surface area contributed by atoms with E-state index in [-0.39, 0.29) is 11.8 Å². The second kappa shape index (κ2) is 4.20. The van der Waals surface area contributed by atoms with E-state index in [0.717, 1.165) is 5.56 Å². The Bertz CT molecular complexity index is 453. The molecule has 0 bridgehead atoms. The molecule has 1 amide bonds. The molecule has 1 fully saturated rings. The highest BCUT2D eigenvalue weighted by molar-refractivity contribution is 6.09. The zero-order chi connectivity index (χ0) is 12.5. The topological polar surface area (TPSA) is 53.5 Å². The minimum absolute atomic E-state index is 0.0423. The standard InChI is InChI=1S/C13H17N3O/c1-9(2)13(10-7-5-4-6-8-10)11(17)15-12(14-3)16-13/h4-9H,1-3H3,(H2,14,15,16,17). The first-order valence-electron chi connectivity index (χ1n) is 5.73. The summed E-state index contributed by atoms with van der Waals surface area (Å²) in [7, 11) is 1.66. The Balaban J connectivity index is 2.52. The van der Waals surface area contributed by atoms with Crippen molar-refractivity contribution in [2.24, 2.45) is 10.9 Å². The van der Waals surface area contributed by atoms with Crippen LogP contribution >= 0.6 is 0 Å². The molecule has 0 radical (unpaired) electrons. The maximum atomic E-state index is 12.3. The lowest BCUT2D eigenvalue weighted by molar-refractivity contribution is -0.125. The molecule has 0 aliphatic carbocycles. The molecular weight excluding hydrogens is 214 g/mol. The Morgan fingerprint density at radius 1 is 1.24 bits per heavy atom. The first kappa shape index (κ1) is 11.6. The van der Waals surface area contributed by atoms with Crippen molar-refractivity contribution in [3.8, 4) is 0 Å². The van der Waals surface area contributed by atoms with E-state index in [9.17, 15) is 4.79 Å². The van der Waals surface area contributed by atoms with Gasteiger partial charge in [-0.05, 0) is 11.5 Å². The molecule has 1 unspecified atom stereocenters. The molecule has 2 N–H and O–H groups in total. The van der Waals surface area contributed by atoms with Gasteiger partial charge in [-0.15, -0.1) is 0 Å². The van der Waals surface area contributed by atoms with Gasteiger partial charge < -0.3 is 5.32 Å². The van der Waals surface area contributed by atoms with Crippen LogP contribution in [-0.2, 0) is 10.3 Å². The Hall–Kier alpha value is -1.84. The van der Waals surface area contributed by atoms with Crippen molar-refractivity contribution in [3.63, 3.8) is 0 Å². The summed E-state index contributed by atoms with van der Waals surface area (Å²) < 4.78 is 0. The summed E-state index contributed by atoms with van der Waals surface area (Å²) >= 11 is 0. The third-order valence-corrected chi connectivity index (χ3v) is 3.22. The van der Waals surface area contributed by atoms with E-state index < -0.39 is 5.54 Å². The Morgan fingerprint density at radius 3 is 2.35 bits per heavy atom. The van der Waals surface area contributed by atoms with Gasteiger partial charge in [0.1, 0.15) is 5.54 Å². The minimum atomic E-state index is -0.712. The number of carbonyl (C=O) groups is 1. The third-order valence-electron chi connectivity index (χ3n) is 3.22. The van der Waals surface area contributed by atoms with Gasteiger partial charge in [0.15, 0.2) is 5.96 Å². The number of amides is 1. The number of rotatable bonds is 2. The molecule has 0 aromatic heterocycles. The van der Waals surface area contributed by atoms with E-state index in [1.54, 1.807) is 7.05 Å². The summed E-state index contributed by atoms with van der Waals surface area (Å²) in [5.41, 5.74) is 0.252. The van der Waals surface area contributed by atoms with Gasteiger partial charge in [-0.2, -0.15) is 0 Å². The summed E-state index contributed by atoms with van der Waals surface area (Å²) in [6.45, 7) is 4.05. The van der Waals surface area contributed by atoms with E-state index in [1.807, 2.05) is 44.2 Å². The molecular formula is C13H17N3O. The normalized spacial score (nSPS) is 26.1. The van der Waals surface area contributed by atoms with Crippen LogP contribution in [0.1, 0.15) is 19.4 Å². The lowest BCUT2D eigenvalue weighted by Crippen LogP contribution is -2.48. The lowest BCUT2D eigenvalue weighted by Gasteiger charge is -2.31. The van der Waals surface area contributed by atoms with Crippen molar-refractivity contribution >= 4 is 11.9 Å². The molecule has 2 rings (SSSR count). The van der Waals surface area contributed by atoms with E-state index in [4.69, 9.17) is 0 Å². The average molecular weight is 231 g/mol. The number of aliphatic imine (C=N–C) groups is 1. The fourth-order valence-electron chi connectivity index (χ4n) is 2.24. The second-order valence-corrected chi connectivity index (χ2v) is 4.48. The SMILES string of the molecule is CN=C1NC(=O)C(c2ccccc2)(C(C)C)N1. The van der Waals surface area contributed by atoms with Crippen LogP contribution < -0.4 is 10.6 Å². The smallest absolute Gasteiger partial charge is 0.257 e. The van der Waals surface area contributed by atoms with E-state index in [2.05, 4.69) is 15.6 Å². The fraction of sp³-hybridized carbons (Fsp3) is 0.385. The van der Waals surface area contributed by atoms with Gasteiger partial charge in [-0.3, -0.25) is 15.1 Å². The average Bonchev–Trinajstić information content (AvgIpc) is 2.68. The van der Waals surface area contributed by atoms with Gasteiger partial charge in [0.25, 0.3) is 5.91 Å². The Morgan fingerprint density at radius 2 is 1.88 bits per heavy atom. The molecule has 1 heterocycles. The van der Waals surface area contributed by atoms with E-state index in [0.29, 0.717) is 5.96 Å². The lowest BCUT2D eigenvalue weighted by atomic mass is 9.80. The summed E-state index contributed by atoms with van der Waals surface area (Å²) in [4.78, 5) is 16.3. The van der Waals surface area contributed by atoms with Crippen molar-refractivity contribution in [2.45, 2.75) is 19.4 Å². The maximum absolute atomic E-state index is 12.3. The van der Waals surface area contributed by atoms with Crippen LogP contribution in [0.5, 0.6) is 0 Å². The Kier molecular flexibility index (Phi) is 2.88. The van der Waals surface area contributed by atoms with Crippen molar-refractivity contribution in [3.05, 3.63) is 35.9 Å². The van der Waals surface area contributed by atoms with Crippen LogP contribution in [0.15, 0.2) is 35.3 Å². The highest BCUT2D eigenvalue weighted by Gasteiger charge is 2.48. The zero-order valence-corrected chi connectivity index (χ0v) is 10.3. The summed E-state index contributed by atoms with van der Waals surface area (Å²) in [6.07, 6.45) is 0. The number of benzene rings is 1. The summed E-state index contributed by atoms with van der Waals surface area (Å²) in [5, 5.41) is 5.98. The minimum Gasteiger partial charge on any atom is -0.338 e. The largest absolute Gasteiger partial charge is 0.338 e. The van der Waals surface area contributed by atoms with Crippen molar-refractivity contribution in [2.75, 3.05) is 7.05 Å². The molecule has 1 aliphatic rings. The van der Waals surface area contributed by atoms with Crippen LogP contribution in [0.2, 0.25) is 0 Å². The van der Waals surface area contributed by atoms with Crippen LogP contribution in [0, 0.1) is 5.92 Å². The van der Waals surface area contributed by atoms with Gasteiger partial charge in [-0.25, -0.2) is 0 Å². The van der Waals surface area contributed by atoms with Crippen molar-refractivity contribution in [1.29, 1.82) is 0 Å². The molecule has 4 heteroatoms. The first-order valence-corrected chi connectivity index (χ1v) is 5.73. The molecule has 4 nitrogen and oxygen atoms in total. The zero-order valence-electron chi connectivity index (χ0n) is 10.3. The van der Waals surface area contributed by atoms with Gasteiger partial charge in [0, 0.05) is 7.05 Å². The predicted octanol–water partition coefficient (Wildman–Crippen LogP) is 1.24. The van der Waals surface area contributed by atoms with E-state index in [1.165, 1.54) is 0 Å². The molecule has 1 aromatic carbocycles. The second-order valence-electron chi connectivity index (χ2n) is 4.48. The number of carbonyl (C=O) groups excluding carboxylic acids is 1. The number of hydrogen-bond donors (Lipinski definition) is 2. The van der Waals surface area contributed by atoms with Gasteiger partial charge in [0.2, 0.25) is 0 Å². The quantitative estimate of drug-likeness (QED) is 0.804. The van der Waals surface area contributed by atoms with E-state index >= 15 is 0 Å². The van der Waals surface area contributed by atoms with Gasteiger partial charge in [0.05, 0.1) is 0 Å². The molecule has 0 spiro atoms. The maximum Gasteiger partial charge on any atom is 0.257 e. The van der Waals surface area contributed by atoms with Crippen molar-refractivity contribution in [1.82, 2.24) is 10.6 Å². The van der Waals surface area contributed by atoms with Crippen molar-refractivity contribution < 1.29 is 4.79 Å². The highest BCUT2D eigenvalue weighted by Crippen LogP contribution is 2.32. The molecule has 90 valence electrons. The number of guanidine groups is 1. The highest BCUT2D eigenvalue weighted by atomic mass is 16.2. The van der Waals surface area contributed by atoms with Crippen LogP contribution in [0.25, 0.3) is 0 Å². The fourth-order valence-corrected chi connectivity index (χ4v) is 2.24. The molecule has 1 aliphatic heterocycles. The summed E-state index contributed by atoms with van der Waals surface area (Å²) in [5.74, 6) is 0.621. The van der Waals surface area contributed by atoms with Crippen LogP contribution in [-0.4, -0.2) is 18.9 Å².